The number of aliphatic carboxylic acids is 1. The number of carboxylic acids is 1. The second-order valence-electron chi connectivity index (χ2n) is 1.82. The number of nitrogens with two attached hydrogens (primary N) is 1. The number of thiazole rings is 1. The van der Waals surface area contributed by atoms with Gasteiger partial charge in [-0.05, 0) is 0 Å². The summed E-state index contributed by atoms with van der Waals surface area (Å²) >= 11 is 6.59. The van der Waals surface area contributed by atoms with E-state index in [0.717, 1.165) is 11.3 Å². The Labute approximate surface area is 71.6 Å². The van der Waals surface area contributed by atoms with E-state index in [1.807, 2.05) is 0 Å². The Balaban J connectivity index is 2.84. The van der Waals surface area contributed by atoms with Gasteiger partial charge in [0.1, 0.15) is 9.34 Å². The lowest BCUT2D eigenvalue weighted by Gasteiger charge is -1.98. The van der Waals surface area contributed by atoms with E-state index in [-0.39, 0.29) is 0 Å². The molecule has 4 nitrogen and oxygen atoms in total. The number of carbonyl (C=O) groups is 1. The summed E-state index contributed by atoms with van der Waals surface area (Å²) < 4.78 is 0.441. The molecule has 6 heteroatoms. The van der Waals surface area contributed by atoms with Gasteiger partial charge < -0.3 is 10.8 Å². The van der Waals surface area contributed by atoms with Crippen LogP contribution in [0.1, 0.15) is 11.0 Å². The molecule has 0 aliphatic carbocycles. The minimum atomic E-state index is -1.10. The van der Waals surface area contributed by atoms with Crippen LogP contribution in [0.4, 0.5) is 0 Å². The molecule has 1 unspecified atom stereocenters. The molecule has 1 aromatic heterocycles. The third kappa shape index (κ3) is 1.89. The first-order valence-corrected chi connectivity index (χ1v) is 3.90. The monoisotopic (exact) mass is 192 g/mol. The van der Waals surface area contributed by atoms with Crippen LogP contribution in [0.3, 0.4) is 0 Å². The van der Waals surface area contributed by atoms with Crippen LogP contribution in [0.15, 0.2) is 6.20 Å². The van der Waals surface area contributed by atoms with Crippen molar-refractivity contribution in [2.75, 3.05) is 0 Å². The van der Waals surface area contributed by atoms with Gasteiger partial charge >= 0.3 is 5.97 Å². The molecule has 0 bridgehead atoms. The highest BCUT2D eigenvalue weighted by Gasteiger charge is 2.17. The van der Waals surface area contributed by atoms with Crippen LogP contribution >= 0.6 is 22.9 Å². The SMILES string of the molecule is NC(C(=O)O)c1ncc(Cl)s1. The van der Waals surface area contributed by atoms with E-state index in [9.17, 15) is 4.79 Å². The van der Waals surface area contributed by atoms with Crippen LogP contribution in [0.5, 0.6) is 0 Å². The molecular formula is C5H5ClN2O2S. The average Bonchev–Trinajstić information content (AvgIpc) is 2.34. The zero-order valence-corrected chi connectivity index (χ0v) is 6.89. The third-order valence-electron chi connectivity index (χ3n) is 1.03. The summed E-state index contributed by atoms with van der Waals surface area (Å²) in [5.74, 6) is -1.10. The van der Waals surface area contributed by atoms with Crippen LogP contribution in [0.25, 0.3) is 0 Å². The van der Waals surface area contributed by atoms with E-state index in [2.05, 4.69) is 4.98 Å². The Morgan fingerprint density at radius 2 is 2.55 bits per heavy atom. The Morgan fingerprint density at radius 1 is 1.91 bits per heavy atom. The summed E-state index contributed by atoms with van der Waals surface area (Å²) in [4.78, 5) is 14.0. The van der Waals surface area contributed by atoms with Gasteiger partial charge in [0.2, 0.25) is 0 Å². The zero-order chi connectivity index (χ0) is 8.43. The maximum absolute atomic E-state index is 10.3. The summed E-state index contributed by atoms with van der Waals surface area (Å²) in [6.07, 6.45) is 1.38. The lowest BCUT2D eigenvalue weighted by Crippen LogP contribution is -2.20. The van der Waals surface area contributed by atoms with E-state index in [4.69, 9.17) is 22.4 Å². The summed E-state index contributed by atoms with van der Waals surface area (Å²) in [5.41, 5.74) is 5.24. The molecule has 1 atom stereocenters. The van der Waals surface area contributed by atoms with Crippen molar-refractivity contribution in [3.05, 3.63) is 15.5 Å². The van der Waals surface area contributed by atoms with E-state index >= 15 is 0 Å². The van der Waals surface area contributed by atoms with Crippen molar-refractivity contribution in [3.8, 4) is 0 Å². The summed E-state index contributed by atoms with van der Waals surface area (Å²) in [7, 11) is 0. The molecule has 0 radical (unpaired) electrons. The number of halogens is 1. The smallest absolute Gasteiger partial charge is 0.327 e. The van der Waals surface area contributed by atoms with Gasteiger partial charge in [-0.15, -0.1) is 11.3 Å². The van der Waals surface area contributed by atoms with E-state index in [1.54, 1.807) is 0 Å². The standard InChI is InChI=1S/C5H5ClN2O2S/c6-2-1-8-4(11-2)3(7)5(9)10/h1,3H,7H2,(H,9,10). The average molecular weight is 193 g/mol. The number of nitrogens with zero attached hydrogens (tertiary/aromatic N) is 1. The van der Waals surface area contributed by atoms with Crippen molar-refractivity contribution in [3.63, 3.8) is 0 Å². The number of carboxylic acid groups (broad SMARTS) is 1. The van der Waals surface area contributed by atoms with E-state index in [1.165, 1.54) is 6.20 Å². The van der Waals surface area contributed by atoms with Crippen LogP contribution in [0.2, 0.25) is 4.34 Å². The highest BCUT2D eigenvalue weighted by molar-refractivity contribution is 7.16. The van der Waals surface area contributed by atoms with E-state index in [0.29, 0.717) is 9.34 Å². The zero-order valence-electron chi connectivity index (χ0n) is 5.32. The molecule has 1 heterocycles. The van der Waals surface area contributed by atoms with Crippen molar-refractivity contribution < 1.29 is 9.90 Å². The van der Waals surface area contributed by atoms with Crippen molar-refractivity contribution in [1.82, 2.24) is 4.98 Å². The Kier molecular flexibility index (Phi) is 2.43. The highest BCUT2D eigenvalue weighted by Crippen LogP contribution is 2.22. The molecule has 0 amide bonds. The summed E-state index contributed by atoms with van der Waals surface area (Å²) in [5, 5.41) is 8.77. The normalized spacial score (nSPS) is 12.9. The van der Waals surface area contributed by atoms with Gasteiger partial charge in [0.25, 0.3) is 0 Å². The Hall–Kier alpha value is -0.650. The quantitative estimate of drug-likeness (QED) is 0.730. The van der Waals surface area contributed by atoms with Gasteiger partial charge in [0.15, 0.2) is 6.04 Å². The second-order valence-corrected chi connectivity index (χ2v) is 3.51. The van der Waals surface area contributed by atoms with Crippen molar-refractivity contribution in [2.45, 2.75) is 6.04 Å². The molecule has 0 fully saturated rings. The third-order valence-corrected chi connectivity index (χ3v) is 2.23. The lowest BCUT2D eigenvalue weighted by molar-refractivity contribution is -0.138. The number of rotatable bonds is 2. The molecule has 0 aromatic carbocycles. The molecule has 3 N–H and O–H groups in total. The van der Waals surface area contributed by atoms with Gasteiger partial charge in [0, 0.05) is 0 Å². The minimum absolute atomic E-state index is 0.322. The van der Waals surface area contributed by atoms with Gasteiger partial charge in [-0.1, -0.05) is 11.6 Å². The topological polar surface area (TPSA) is 76.2 Å². The first-order valence-electron chi connectivity index (χ1n) is 2.71. The molecule has 0 aliphatic rings. The molecule has 0 spiro atoms. The number of aromatic nitrogens is 1. The molecule has 0 aliphatic heterocycles. The fourth-order valence-corrected chi connectivity index (χ4v) is 1.44. The van der Waals surface area contributed by atoms with Crippen LogP contribution in [-0.2, 0) is 4.79 Å². The Bertz CT molecular complexity index is 275. The van der Waals surface area contributed by atoms with Crippen LogP contribution < -0.4 is 5.73 Å². The first kappa shape index (κ1) is 8.45. The summed E-state index contributed by atoms with van der Waals surface area (Å²) in [6, 6.07) is -1.06. The second kappa shape index (κ2) is 3.17. The predicted octanol–water partition coefficient (Wildman–Crippen LogP) is 0.881. The van der Waals surface area contributed by atoms with Gasteiger partial charge in [-0.3, -0.25) is 4.79 Å². The van der Waals surface area contributed by atoms with Crippen molar-refractivity contribution in [1.29, 1.82) is 0 Å². The maximum atomic E-state index is 10.3. The fraction of sp³-hybridized carbons (Fsp3) is 0.200. The van der Waals surface area contributed by atoms with Crippen LogP contribution in [0, 0.1) is 0 Å². The number of hydrogen-bond donors (Lipinski definition) is 2. The van der Waals surface area contributed by atoms with Gasteiger partial charge in [-0.25, -0.2) is 4.98 Å². The van der Waals surface area contributed by atoms with Gasteiger partial charge in [0.05, 0.1) is 6.20 Å². The van der Waals surface area contributed by atoms with Crippen LogP contribution in [-0.4, -0.2) is 16.1 Å². The number of hydrogen-bond acceptors (Lipinski definition) is 4. The lowest BCUT2D eigenvalue weighted by atomic mass is 10.3. The largest absolute Gasteiger partial charge is 0.480 e. The molecule has 1 aromatic rings. The molecule has 1 rings (SSSR count). The van der Waals surface area contributed by atoms with Crippen molar-refractivity contribution in [2.24, 2.45) is 5.73 Å². The molecule has 60 valence electrons. The molecule has 0 saturated carbocycles. The maximum Gasteiger partial charge on any atom is 0.327 e. The van der Waals surface area contributed by atoms with E-state index < -0.39 is 12.0 Å². The minimum Gasteiger partial charge on any atom is -0.480 e. The summed E-state index contributed by atoms with van der Waals surface area (Å²) in [6.45, 7) is 0. The molecular weight excluding hydrogens is 188 g/mol. The molecule has 11 heavy (non-hydrogen) atoms. The Morgan fingerprint density at radius 3 is 2.91 bits per heavy atom. The van der Waals surface area contributed by atoms with Crippen molar-refractivity contribution >= 4 is 28.9 Å². The predicted molar refractivity (Wildman–Crippen MR) is 41.7 cm³/mol. The molecule has 0 saturated heterocycles. The van der Waals surface area contributed by atoms with Gasteiger partial charge in [-0.2, -0.15) is 0 Å². The highest BCUT2D eigenvalue weighted by atomic mass is 35.5. The first-order chi connectivity index (χ1) is 5.11. The fourth-order valence-electron chi connectivity index (χ4n) is 0.516.